The number of carbonyl (C=O) groups excluding carboxylic acids is 2. The third-order valence-electron chi connectivity index (χ3n) is 4.79. The number of carbonyl (C=O) groups is 2. The van der Waals surface area contributed by atoms with E-state index in [9.17, 15) is 32.9 Å². The molecule has 12 heteroatoms. The molecule has 0 aliphatic heterocycles. The molecule has 172 valence electrons. The smallest absolute Gasteiger partial charge is 0.312 e. The molecule has 9 nitrogen and oxygen atoms in total. The average Bonchev–Trinajstić information content (AvgIpc) is 3.05. The second-order valence-corrected chi connectivity index (χ2v) is 7.08. The minimum absolute atomic E-state index is 0.0486. The van der Waals surface area contributed by atoms with Gasteiger partial charge >= 0.3 is 5.69 Å². The molecule has 0 spiro atoms. The summed E-state index contributed by atoms with van der Waals surface area (Å²) >= 11 is 0. The number of halogens is 3. The highest BCUT2D eigenvalue weighted by molar-refractivity contribution is 5.99. The van der Waals surface area contributed by atoms with Gasteiger partial charge in [-0.1, -0.05) is 12.1 Å². The zero-order valence-corrected chi connectivity index (χ0v) is 17.5. The van der Waals surface area contributed by atoms with Crippen molar-refractivity contribution in [3.05, 3.63) is 86.5 Å². The fourth-order valence-corrected chi connectivity index (χ4v) is 3.12. The molecule has 0 aliphatic rings. The Labute approximate surface area is 185 Å². The Kier molecular flexibility index (Phi) is 6.75. The lowest BCUT2D eigenvalue weighted by atomic mass is 10.1. The van der Waals surface area contributed by atoms with E-state index >= 15 is 0 Å². The van der Waals surface area contributed by atoms with Crippen molar-refractivity contribution in [2.45, 2.75) is 20.4 Å². The highest BCUT2D eigenvalue weighted by atomic mass is 19.2. The zero-order valence-electron chi connectivity index (χ0n) is 17.5. The number of aromatic nitrogens is 2. The van der Waals surface area contributed by atoms with Gasteiger partial charge in [0.05, 0.1) is 23.7 Å². The first-order chi connectivity index (χ1) is 15.6. The van der Waals surface area contributed by atoms with Crippen molar-refractivity contribution in [2.24, 2.45) is 0 Å². The van der Waals surface area contributed by atoms with E-state index in [4.69, 9.17) is 0 Å². The van der Waals surface area contributed by atoms with Crippen LogP contribution in [0.1, 0.15) is 27.3 Å². The van der Waals surface area contributed by atoms with Gasteiger partial charge in [0, 0.05) is 5.56 Å². The second kappa shape index (κ2) is 9.51. The first-order valence-electron chi connectivity index (χ1n) is 9.57. The maximum absolute atomic E-state index is 13.6. The van der Waals surface area contributed by atoms with Crippen LogP contribution in [-0.2, 0) is 11.3 Å². The molecular formula is C21H18F3N5O4. The molecule has 3 aromatic rings. The van der Waals surface area contributed by atoms with Crippen LogP contribution in [0.3, 0.4) is 0 Å². The number of nitrogens with zero attached hydrogens (tertiary/aromatic N) is 3. The van der Waals surface area contributed by atoms with Crippen LogP contribution in [0.5, 0.6) is 0 Å². The lowest BCUT2D eigenvalue weighted by Crippen LogP contribution is -2.33. The molecule has 1 heterocycles. The molecule has 0 saturated carbocycles. The topological polar surface area (TPSA) is 119 Å². The van der Waals surface area contributed by atoms with E-state index in [-0.39, 0.29) is 17.8 Å². The monoisotopic (exact) mass is 461 g/mol. The first kappa shape index (κ1) is 23.4. The summed E-state index contributed by atoms with van der Waals surface area (Å²) in [5, 5.41) is 19.7. The van der Waals surface area contributed by atoms with Gasteiger partial charge in [0.1, 0.15) is 11.4 Å². The van der Waals surface area contributed by atoms with E-state index in [0.717, 1.165) is 11.6 Å². The quantitative estimate of drug-likeness (QED) is 0.318. The molecule has 0 bridgehead atoms. The van der Waals surface area contributed by atoms with Crippen molar-refractivity contribution >= 4 is 23.2 Å². The van der Waals surface area contributed by atoms with Gasteiger partial charge in [0.25, 0.3) is 5.91 Å². The third kappa shape index (κ3) is 5.17. The summed E-state index contributed by atoms with van der Waals surface area (Å²) in [6.07, 6.45) is 0. The maximum Gasteiger partial charge on any atom is 0.312 e. The average molecular weight is 461 g/mol. The predicted molar refractivity (Wildman–Crippen MR) is 111 cm³/mol. The van der Waals surface area contributed by atoms with Gasteiger partial charge in [-0.25, -0.2) is 13.2 Å². The number of nitro groups is 1. The molecule has 0 atom stereocenters. The Morgan fingerprint density at radius 3 is 2.33 bits per heavy atom. The number of nitrogens with one attached hydrogen (secondary N) is 2. The van der Waals surface area contributed by atoms with Gasteiger partial charge in [-0.3, -0.25) is 24.4 Å². The number of aryl methyl sites for hydroxylation is 1. The first-order valence-corrected chi connectivity index (χ1v) is 9.57. The van der Waals surface area contributed by atoms with Gasteiger partial charge < -0.3 is 10.6 Å². The lowest BCUT2D eigenvalue weighted by Gasteiger charge is -2.09. The van der Waals surface area contributed by atoms with Crippen LogP contribution in [0, 0.1) is 41.4 Å². The van der Waals surface area contributed by atoms with Crippen LogP contribution in [0.2, 0.25) is 0 Å². The Hall–Kier alpha value is -4.22. The second-order valence-electron chi connectivity index (χ2n) is 7.08. The number of hydrogen-bond donors (Lipinski definition) is 2. The van der Waals surface area contributed by atoms with E-state index in [2.05, 4.69) is 10.4 Å². The molecule has 0 radical (unpaired) electrons. The summed E-state index contributed by atoms with van der Waals surface area (Å²) in [7, 11) is 0. The summed E-state index contributed by atoms with van der Waals surface area (Å²) in [6, 6.07) is 7.79. The third-order valence-corrected chi connectivity index (χ3v) is 4.79. The molecule has 3 rings (SSSR count). The summed E-state index contributed by atoms with van der Waals surface area (Å²) in [5.74, 6) is -6.08. The molecule has 2 aromatic carbocycles. The summed E-state index contributed by atoms with van der Waals surface area (Å²) in [6.45, 7) is 2.86. The molecule has 2 N–H and O–H groups in total. The van der Waals surface area contributed by atoms with Crippen molar-refractivity contribution in [2.75, 3.05) is 11.9 Å². The largest absolute Gasteiger partial charge is 0.343 e. The van der Waals surface area contributed by atoms with Crippen LogP contribution >= 0.6 is 0 Å². The van der Waals surface area contributed by atoms with Crippen LogP contribution in [0.15, 0.2) is 36.4 Å². The number of rotatable bonds is 7. The molecular weight excluding hydrogens is 443 g/mol. The highest BCUT2D eigenvalue weighted by Gasteiger charge is 2.21. The van der Waals surface area contributed by atoms with Crippen LogP contribution in [-0.4, -0.2) is 33.1 Å². The molecule has 0 aliphatic carbocycles. The van der Waals surface area contributed by atoms with Crippen LogP contribution < -0.4 is 10.6 Å². The van der Waals surface area contributed by atoms with Crippen molar-refractivity contribution in [3.63, 3.8) is 0 Å². The molecule has 1 aromatic heterocycles. The number of benzene rings is 2. The summed E-state index contributed by atoms with van der Waals surface area (Å²) < 4.78 is 41.3. The van der Waals surface area contributed by atoms with Gasteiger partial charge in [-0.05, 0) is 43.7 Å². The van der Waals surface area contributed by atoms with Crippen molar-refractivity contribution in [1.29, 1.82) is 0 Å². The highest BCUT2D eigenvalue weighted by Crippen LogP contribution is 2.23. The van der Waals surface area contributed by atoms with E-state index < -0.39 is 46.4 Å². The van der Waals surface area contributed by atoms with Gasteiger partial charge in [-0.2, -0.15) is 5.10 Å². The molecule has 33 heavy (non-hydrogen) atoms. The molecule has 2 amide bonds. The van der Waals surface area contributed by atoms with Crippen molar-refractivity contribution < 1.29 is 27.7 Å². The fraction of sp³-hybridized carbons (Fsp3) is 0.190. The van der Waals surface area contributed by atoms with E-state index in [1.54, 1.807) is 26.0 Å². The molecule has 0 unspecified atom stereocenters. The van der Waals surface area contributed by atoms with E-state index in [1.807, 2.05) is 5.32 Å². The standard InChI is InChI=1S/C21H18F3N5O4/c1-11-20(29(32)33)12(2)28(27-11)10-13-3-5-14(6-4-13)21(31)25-9-17(30)26-16-8-7-15(22)18(23)19(16)24/h3-8H,9-10H2,1-2H3,(H,25,31)(H,26,30). The van der Waals surface area contributed by atoms with Gasteiger partial charge in [-0.15, -0.1) is 0 Å². The lowest BCUT2D eigenvalue weighted by molar-refractivity contribution is -0.386. The Bertz CT molecular complexity index is 1240. The van der Waals surface area contributed by atoms with Crippen LogP contribution in [0.4, 0.5) is 24.5 Å². The Balaban J connectivity index is 1.58. The van der Waals surface area contributed by atoms with Gasteiger partial charge in [0.15, 0.2) is 17.5 Å². The van der Waals surface area contributed by atoms with Crippen molar-refractivity contribution in [3.8, 4) is 0 Å². The molecule has 0 fully saturated rings. The summed E-state index contributed by atoms with van der Waals surface area (Å²) in [4.78, 5) is 34.8. The number of anilines is 1. The zero-order chi connectivity index (χ0) is 24.3. The Morgan fingerprint density at radius 2 is 1.73 bits per heavy atom. The van der Waals surface area contributed by atoms with E-state index in [1.165, 1.54) is 16.8 Å². The number of amides is 2. The number of hydrogen-bond acceptors (Lipinski definition) is 5. The normalized spacial score (nSPS) is 10.7. The minimum Gasteiger partial charge on any atom is -0.343 e. The van der Waals surface area contributed by atoms with E-state index in [0.29, 0.717) is 17.5 Å². The summed E-state index contributed by atoms with van der Waals surface area (Å²) in [5.41, 5.74) is 1.07. The SMILES string of the molecule is Cc1nn(Cc2ccc(C(=O)NCC(=O)Nc3ccc(F)c(F)c3F)cc2)c(C)c1[N+](=O)[O-]. The maximum atomic E-state index is 13.6. The van der Waals surface area contributed by atoms with Crippen molar-refractivity contribution in [1.82, 2.24) is 15.1 Å². The van der Waals surface area contributed by atoms with Crippen LogP contribution in [0.25, 0.3) is 0 Å². The molecule has 0 saturated heterocycles. The minimum atomic E-state index is -1.72. The predicted octanol–water partition coefficient (Wildman–Crippen LogP) is 3.24. The van der Waals surface area contributed by atoms with Gasteiger partial charge in [0.2, 0.25) is 5.91 Å². The Morgan fingerprint density at radius 1 is 1.06 bits per heavy atom. The fourth-order valence-electron chi connectivity index (χ4n) is 3.12.